The number of thiocarbonyl (C=S) groups is 1. The van der Waals surface area contributed by atoms with Crippen LogP contribution in [0, 0.1) is 0 Å². The van der Waals surface area contributed by atoms with E-state index < -0.39 is 11.6 Å². The van der Waals surface area contributed by atoms with Crippen molar-refractivity contribution in [1.29, 1.82) is 0 Å². The molecule has 1 aromatic carbocycles. The van der Waals surface area contributed by atoms with E-state index in [1.165, 1.54) is 0 Å². The topological polar surface area (TPSA) is 90.5 Å². The highest BCUT2D eigenvalue weighted by Gasteiger charge is 2.20. The number of benzene rings is 1. The zero-order valence-electron chi connectivity index (χ0n) is 11.3. The molecule has 0 saturated carbocycles. The first-order valence-electron chi connectivity index (χ1n) is 5.95. The fraction of sp³-hybridized carbons (Fsp3) is 0.308. The normalized spacial score (nSPS) is 10.5. The largest absolute Gasteiger partial charge is 0.465 e. The van der Waals surface area contributed by atoms with E-state index in [0.29, 0.717) is 5.56 Å². The molecule has 108 valence electrons. The second-order valence-corrected chi connectivity index (χ2v) is 5.23. The third-order valence-corrected chi connectivity index (χ3v) is 2.65. The van der Waals surface area contributed by atoms with Crippen molar-refractivity contribution in [3.63, 3.8) is 0 Å². The molecule has 0 aliphatic heterocycles. The second-order valence-electron chi connectivity index (χ2n) is 4.82. The van der Waals surface area contributed by atoms with E-state index in [-0.39, 0.29) is 17.6 Å². The van der Waals surface area contributed by atoms with Gasteiger partial charge in [0.15, 0.2) is 5.11 Å². The van der Waals surface area contributed by atoms with Crippen LogP contribution in [0.2, 0.25) is 0 Å². The molecular weight excluding hydrogens is 278 g/mol. The van der Waals surface area contributed by atoms with Crippen LogP contribution < -0.4 is 16.0 Å². The van der Waals surface area contributed by atoms with E-state index in [1.807, 2.05) is 6.07 Å². The van der Waals surface area contributed by atoms with Gasteiger partial charge in [0.1, 0.15) is 0 Å². The van der Waals surface area contributed by atoms with E-state index in [0.717, 1.165) is 0 Å². The zero-order valence-corrected chi connectivity index (χ0v) is 12.1. The molecule has 0 radical (unpaired) electrons. The summed E-state index contributed by atoms with van der Waals surface area (Å²) >= 11 is 4.99. The van der Waals surface area contributed by atoms with E-state index in [9.17, 15) is 9.59 Å². The molecule has 6 nitrogen and oxygen atoms in total. The number of carbonyl (C=O) groups excluding carboxylic acids is 1. The number of nitrogens with one attached hydrogen (secondary N) is 3. The van der Waals surface area contributed by atoms with Crippen LogP contribution in [0.5, 0.6) is 0 Å². The van der Waals surface area contributed by atoms with Crippen molar-refractivity contribution in [3.05, 3.63) is 35.9 Å². The molecule has 20 heavy (non-hydrogen) atoms. The first-order chi connectivity index (χ1) is 9.30. The standard InChI is InChI=1S/C13H17N3O3S/c1-13(2,16-12(18)19)8-14-11(20)15-10(17)9-6-4-3-5-7-9/h3-7,16H,8H2,1-2H3,(H,18,19)(H2,14,15,17,20). The van der Waals surface area contributed by atoms with Crippen molar-refractivity contribution in [2.45, 2.75) is 19.4 Å². The molecule has 0 spiro atoms. The Balaban J connectivity index is 2.45. The average Bonchev–Trinajstić information content (AvgIpc) is 2.36. The number of carbonyl (C=O) groups is 2. The zero-order chi connectivity index (χ0) is 15.2. The smallest absolute Gasteiger partial charge is 0.405 e. The van der Waals surface area contributed by atoms with Gasteiger partial charge >= 0.3 is 6.09 Å². The molecule has 2 amide bonds. The maximum Gasteiger partial charge on any atom is 0.405 e. The van der Waals surface area contributed by atoms with Crippen molar-refractivity contribution in [2.75, 3.05) is 6.54 Å². The third kappa shape index (κ3) is 5.66. The van der Waals surface area contributed by atoms with Gasteiger partial charge < -0.3 is 15.7 Å². The van der Waals surface area contributed by atoms with Gasteiger partial charge in [-0.05, 0) is 38.2 Å². The summed E-state index contributed by atoms with van der Waals surface area (Å²) in [4.78, 5) is 22.4. The Bertz CT molecular complexity index is 503. The van der Waals surface area contributed by atoms with Crippen molar-refractivity contribution in [1.82, 2.24) is 16.0 Å². The molecule has 0 aliphatic carbocycles. The lowest BCUT2D eigenvalue weighted by molar-refractivity contribution is 0.0976. The van der Waals surface area contributed by atoms with Gasteiger partial charge in [0.25, 0.3) is 5.91 Å². The molecule has 0 aromatic heterocycles. The van der Waals surface area contributed by atoms with Gasteiger partial charge in [0, 0.05) is 12.1 Å². The Morgan fingerprint density at radius 3 is 2.40 bits per heavy atom. The number of amides is 2. The Labute approximate surface area is 122 Å². The van der Waals surface area contributed by atoms with Gasteiger partial charge in [-0.2, -0.15) is 0 Å². The quantitative estimate of drug-likeness (QED) is 0.629. The lowest BCUT2D eigenvalue weighted by Gasteiger charge is -2.25. The van der Waals surface area contributed by atoms with E-state index in [4.69, 9.17) is 17.3 Å². The van der Waals surface area contributed by atoms with Gasteiger partial charge in [-0.15, -0.1) is 0 Å². The molecule has 0 unspecified atom stereocenters. The van der Waals surface area contributed by atoms with E-state index in [1.54, 1.807) is 38.1 Å². The van der Waals surface area contributed by atoms with Crippen LogP contribution in [0.4, 0.5) is 4.79 Å². The van der Waals surface area contributed by atoms with Gasteiger partial charge in [-0.1, -0.05) is 18.2 Å². The minimum Gasteiger partial charge on any atom is -0.465 e. The molecule has 7 heteroatoms. The van der Waals surface area contributed by atoms with Crippen LogP contribution in [0.1, 0.15) is 24.2 Å². The van der Waals surface area contributed by atoms with Crippen LogP contribution in [-0.4, -0.2) is 34.3 Å². The van der Waals surface area contributed by atoms with Gasteiger partial charge in [-0.3, -0.25) is 10.1 Å². The Morgan fingerprint density at radius 2 is 1.85 bits per heavy atom. The van der Waals surface area contributed by atoms with Crippen molar-refractivity contribution in [2.24, 2.45) is 0 Å². The molecule has 1 aromatic rings. The first-order valence-corrected chi connectivity index (χ1v) is 6.36. The molecule has 4 N–H and O–H groups in total. The van der Waals surface area contributed by atoms with E-state index >= 15 is 0 Å². The molecule has 0 bridgehead atoms. The number of hydrogen-bond acceptors (Lipinski definition) is 3. The van der Waals surface area contributed by atoms with Gasteiger partial charge in [0.2, 0.25) is 0 Å². The van der Waals surface area contributed by atoms with Crippen LogP contribution in [-0.2, 0) is 0 Å². The van der Waals surface area contributed by atoms with Crippen LogP contribution in [0.15, 0.2) is 30.3 Å². The molecular formula is C13H17N3O3S. The summed E-state index contributed by atoms with van der Waals surface area (Å²) in [6, 6.07) is 8.67. The van der Waals surface area contributed by atoms with E-state index in [2.05, 4.69) is 16.0 Å². The SMILES string of the molecule is CC(C)(CNC(=S)NC(=O)c1ccccc1)NC(=O)O. The summed E-state index contributed by atoms with van der Waals surface area (Å²) < 4.78 is 0. The molecule has 0 heterocycles. The fourth-order valence-electron chi connectivity index (χ4n) is 1.44. The number of rotatable bonds is 4. The molecule has 0 fully saturated rings. The van der Waals surface area contributed by atoms with Gasteiger partial charge in [-0.25, -0.2) is 4.79 Å². The highest BCUT2D eigenvalue weighted by Crippen LogP contribution is 2.00. The summed E-state index contributed by atoms with van der Waals surface area (Å²) in [6.07, 6.45) is -1.11. The van der Waals surface area contributed by atoms with Crippen molar-refractivity contribution >= 4 is 29.3 Å². The summed E-state index contributed by atoms with van der Waals surface area (Å²) in [5.74, 6) is -0.313. The maximum atomic E-state index is 11.8. The fourth-order valence-corrected chi connectivity index (χ4v) is 1.61. The van der Waals surface area contributed by atoms with Crippen LogP contribution in [0.25, 0.3) is 0 Å². The van der Waals surface area contributed by atoms with Crippen molar-refractivity contribution in [3.8, 4) is 0 Å². The molecule has 0 aliphatic rings. The number of carboxylic acid groups (broad SMARTS) is 1. The van der Waals surface area contributed by atoms with Gasteiger partial charge in [0.05, 0.1) is 5.54 Å². The second kappa shape index (κ2) is 6.85. The monoisotopic (exact) mass is 295 g/mol. The molecule has 0 atom stereocenters. The summed E-state index contributed by atoms with van der Waals surface area (Å²) in [5.41, 5.74) is -0.201. The first kappa shape index (κ1) is 15.9. The Morgan fingerprint density at radius 1 is 1.25 bits per heavy atom. The minimum absolute atomic E-state index is 0.152. The summed E-state index contributed by atoms with van der Waals surface area (Å²) in [5, 5.41) is 16.5. The average molecular weight is 295 g/mol. The highest BCUT2D eigenvalue weighted by molar-refractivity contribution is 7.80. The number of hydrogen-bond donors (Lipinski definition) is 4. The predicted molar refractivity (Wildman–Crippen MR) is 79.7 cm³/mol. The molecule has 0 saturated heterocycles. The van der Waals surface area contributed by atoms with Crippen LogP contribution >= 0.6 is 12.2 Å². The molecule has 1 rings (SSSR count). The van der Waals surface area contributed by atoms with Crippen molar-refractivity contribution < 1.29 is 14.7 Å². The highest BCUT2D eigenvalue weighted by atomic mass is 32.1. The Hall–Kier alpha value is -2.15. The lowest BCUT2D eigenvalue weighted by atomic mass is 10.1. The predicted octanol–water partition coefficient (Wildman–Crippen LogP) is 1.34. The summed E-state index contributed by atoms with van der Waals surface area (Å²) in [6.45, 7) is 3.67. The Kier molecular flexibility index (Phi) is 5.45. The maximum absolute atomic E-state index is 11.8. The third-order valence-electron chi connectivity index (χ3n) is 2.40. The minimum atomic E-state index is -1.11. The lowest BCUT2D eigenvalue weighted by Crippen LogP contribution is -2.53. The summed E-state index contributed by atoms with van der Waals surface area (Å²) in [7, 11) is 0. The van der Waals surface area contributed by atoms with Crippen LogP contribution in [0.3, 0.4) is 0 Å².